The largest absolute Gasteiger partial charge is 0.0620 e. The molecule has 0 N–H and O–H groups in total. The third-order valence-corrected chi connectivity index (χ3v) is 7.84. The summed E-state index contributed by atoms with van der Waals surface area (Å²) < 4.78 is 0. The molecule has 0 aliphatic heterocycles. The summed E-state index contributed by atoms with van der Waals surface area (Å²) in [5.41, 5.74) is 10.5. The van der Waals surface area contributed by atoms with Gasteiger partial charge < -0.3 is 0 Å². The average Bonchev–Trinajstić information content (AvgIpc) is 2.74. The Morgan fingerprint density at radius 3 is 1.23 bits per heavy atom. The minimum atomic E-state index is 1.29. The molecule has 30 heavy (non-hydrogen) atoms. The van der Waals surface area contributed by atoms with Crippen LogP contribution in [0.4, 0.5) is 0 Å². The Hall–Kier alpha value is -2.42. The Morgan fingerprint density at radius 1 is 0.433 bits per heavy atom. The molecular weight excluding hydrogens is 400 g/mol. The second-order valence-electron chi connectivity index (χ2n) is 7.80. The van der Waals surface area contributed by atoms with Gasteiger partial charge >= 0.3 is 0 Å². The molecule has 0 saturated heterocycles. The minimum Gasteiger partial charge on any atom is -0.0620 e. The van der Waals surface area contributed by atoms with Gasteiger partial charge in [-0.25, -0.2) is 0 Å². The molecule has 0 atom stereocenters. The first-order chi connectivity index (χ1) is 14.5. The Balaban J connectivity index is 1.71. The van der Waals surface area contributed by atoms with Gasteiger partial charge in [0.1, 0.15) is 0 Å². The number of benzene rings is 4. The molecule has 0 saturated carbocycles. The van der Waals surface area contributed by atoms with Gasteiger partial charge in [-0.05, 0) is 73.2 Å². The maximum atomic E-state index is 2.31. The van der Waals surface area contributed by atoms with Crippen LogP contribution in [0.5, 0.6) is 0 Å². The highest BCUT2D eigenvalue weighted by atomic mass is 33.1. The van der Waals surface area contributed by atoms with Crippen molar-refractivity contribution in [2.75, 3.05) is 0 Å². The van der Waals surface area contributed by atoms with Gasteiger partial charge in [-0.2, -0.15) is 0 Å². The van der Waals surface area contributed by atoms with Crippen LogP contribution >= 0.6 is 21.6 Å². The van der Waals surface area contributed by atoms with Crippen LogP contribution < -0.4 is 0 Å². The van der Waals surface area contributed by atoms with Gasteiger partial charge in [0.2, 0.25) is 0 Å². The number of aryl methyl sites for hydroxylation is 4. The highest BCUT2D eigenvalue weighted by molar-refractivity contribution is 8.76. The van der Waals surface area contributed by atoms with Crippen molar-refractivity contribution in [2.45, 2.75) is 37.5 Å². The lowest BCUT2D eigenvalue weighted by Gasteiger charge is -2.15. The van der Waals surface area contributed by atoms with Gasteiger partial charge in [0.05, 0.1) is 0 Å². The fourth-order valence-electron chi connectivity index (χ4n) is 3.69. The standard InChI is InChI=1S/C28H26S2/c1-19-13-15-27(25(17-19)23-11-7-5-9-21(23)3)29-30-28-16-14-20(2)18-26(28)24-12-8-6-10-22(24)4/h5-18H,1-4H3. The molecule has 4 aromatic carbocycles. The average molecular weight is 427 g/mol. The van der Waals surface area contributed by atoms with Crippen LogP contribution in [0.3, 0.4) is 0 Å². The Kier molecular flexibility index (Phi) is 6.36. The summed E-state index contributed by atoms with van der Waals surface area (Å²) in [5.74, 6) is 0. The molecule has 0 aliphatic rings. The molecule has 0 unspecified atom stereocenters. The highest BCUT2D eigenvalue weighted by Gasteiger charge is 2.13. The van der Waals surface area contributed by atoms with Crippen LogP contribution in [0.25, 0.3) is 22.3 Å². The Morgan fingerprint density at radius 2 is 0.833 bits per heavy atom. The van der Waals surface area contributed by atoms with E-state index in [1.807, 2.05) is 21.6 Å². The summed E-state index contributed by atoms with van der Waals surface area (Å²) in [5, 5.41) is 0. The van der Waals surface area contributed by atoms with E-state index in [9.17, 15) is 0 Å². The monoisotopic (exact) mass is 426 g/mol. The molecule has 0 aliphatic carbocycles. The molecule has 4 aromatic rings. The summed E-state index contributed by atoms with van der Waals surface area (Å²) in [6.45, 7) is 8.71. The fourth-order valence-corrected chi connectivity index (χ4v) is 6.05. The van der Waals surface area contributed by atoms with Crippen LogP contribution in [0.1, 0.15) is 22.3 Å². The van der Waals surface area contributed by atoms with E-state index >= 15 is 0 Å². The first-order valence-corrected chi connectivity index (χ1v) is 12.4. The summed E-state index contributed by atoms with van der Waals surface area (Å²) in [6.07, 6.45) is 0. The smallest absolute Gasteiger partial charge is 0.0265 e. The maximum Gasteiger partial charge on any atom is 0.0265 e. The van der Waals surface area contributed by atoms with Crippen molar-refractivity contribution < 1.29 is 0 Å². The molecule has 150 valence electrons. The van der Waals surface area contributed by atoms with Gasteiger partial charge in [0.25, 0.3) is 0 Å². The van der Waals surface area contributed by atoms with E-state index in [1.165, 1.54) is 54.3 Å². The lowest BCUT2D eigenvalue weighted by Crippen LogP contribution is -1.88. The van der Waals surface area contributed by atoms with Crippen molar-refractivity contribution in [3.63, 3.8) is 0 Å². The molecule has 0 bridgehead atoms. The summed E-state index contributed by atoms with van der Waals surface area (Å²) in [6, 6.07) is 30.9. The Bertz CT molecular complexity index is 1100. The van der Waals surface area contributed by atoms with Crippen LogP contribution in [-0.4, -0.2) is 0 Å². The summed E-state index contributed by atoms with van der Waals surface area (Å²) in [7, 11) is 3.70. The third kappa shape index (κ3) is 4.50. The number of hydrogen-bond donors (Lipinski definition) is 0. The SMILES string of the molecule is Cc1ccc(SSc2ccc(C)cc2-c2ccccc2C)c(-c2ccccc2C)c1. The zero-order chi connectivity index (χ0) is 21.1. The van der Waals surface area contributed by atoms with E-state index in [0.29, 0.717) is 0 Å². The zero-order valence-electron chi connectivity index (χ0n) is 17.9. The molecule has 0 fully saturated rings. The van der Waals surface area contributed by atoms with Crippen LogP contribution in [0.2, 0.25) is 0 Å². The van der Waals surface area contributed by atoms with E-state index in [1.54, 1.807) is 0 Å². The summed E-state index contributed by atoms with van der Waals surface area (Å²) >= 11 is 0. The van der Waals surface area contributed by atoms with Crippen molar-refractivity contribution in [1.82, 2.24) is 0 Å². The van der Waals surface area contributed by atoms with Crippen molar-refractivity contribution >= 4 is 21.6 Å². The molecule has 0 aromatic heterocycles. The second-order valence-corrected chi connectivity index (χ2v) is 10.0. The van der Waals surface area contributed by atoms with Crippen LogP contribution in [-0.2, 0) is 0 Å². The molecule has 0 heterocycles. The highest BCUT2D eigenvalue weighted by Crippen LogP contribution is 2.46. The van der Waals surface area contributed by atoms with Gasteiger partial charge in [-0.15, -0.1) is 0 Å². The van der Waals surface area contributed by atoms with E-state index in [-0.39, 0.29) is 0 Å². The number of rotatable bonds is 5. The predicted octanol–water partition coefficient (Wildman–Crippen LogP) is 9.05. The van der Waals surface area contributed by atoms with Crippen molar-refractivity contribution in [2.24, 2.45) is 0 Å². The van der Waals surface area contributed by atoms with E-state index in [0.717, 1.165) is 0 Å². The van der Waals surface area contributed by atoms with Crippen LogP contribution in [0, 0.1) is 27.7 Å². The van der Waals surface area contributed by atoms with Gasteiger partial charge in [0.15, 0.2) is 0 Å². The predicted molar refractivity (Wildman–Crippen MR) is 134 cm³/mol. The van der Waals surface area contributed by atoms with Gasteiger partial charge in [0, 0.05) is 9.79 Å². The van der Waals surface area contributed by atoms with Gasteiger partial charge in [-0.1, -0.05) is 106 Å². The molecule has 2 heteroatoms. The van der Waals surface area contributed by atoms with Gasteiger partial charge in [-0.3, -0.25) is 0 Å². The maximum absolute atomic E-state index is 2.31. The van der Waals surface area contributed by atoms with E-state index < -0.39 is 0 Å². The summed E-state index contributed by atoms with van der Waals surface area (Å²) in [4.78, 5) is 2.60. The molecular formula is C28H26S2. The topological polar surface area (TPSA) is 0 Å². The van der Waals surface area contributed by atoms with Crippen molar-refractivity contribution in [3.05, 3.63) is 107 Å². The van der Waals surface area contributed by atoms with Crippen molar-refractivity contribution in [3.8, 4) is 22.3 Å². The molecule has 4 rings (SSSR count). The molecule has 0 amide bonds. The first kappa shape index (κ1) is 20.8. The third-order valence-electron chi connectivity index (χ3n) is 5.36. The fraction of sp³-hybridized carbons (Fsp3) is 0.143. The van der Waals surface area contributed by atoms with Crippen molar-refractivity contribution in [1.29, 1.82) is 0 Å². The lowest BCUT2D eigenvalue weighted by molar-refractivity contribution is 1.35. The normalized spacial score (nSPS) is 10.9. The molecule has 0 nitrogen and oxygen atoms in total. The second kappa shape index (κ2) is 9.16. The van der Waals surface area contributed by atoms with Crippen LogP contribution in [0.15, 0.2) is 94.7 Å². The quantitative estimate of drug-likeness (QED) is 0.292. The molecule has 0 radical (unpaired) electrons. The Labute approximate surface area is 188 Å². The first-order valence-electron chi connectivity index (χ1n) is 10.2. The number of hydrogen-bond acceptors (Lipinski definition) is 2. The minimum absolute atomic E-state index is 1.29. The zero-order valence-corrected chi connectivity index (χ0v) is 19.5. The van der Waals surface area contributed by atoms with E-state index in [4.69, 9.17) is 0 Å². The van der Waals surface area contributed by atoms with E-state index in [2.05, 4.69) is 113 Å². The molecule has 0 spiro atoms. The lowest BCUT2D eigenvalue weighted by atomic mass is 9.99.